The zero-order chi connectivity index (χ0) is 19.3. The highest BCUT2D eigenvalue weighted by Gasteiger charge is 2.36. The van der Waals surface area contributed by atoms with Gasteiger partial charge in [-0.1, -0.05) is 42.5 Å². The number of fused-ring (bicyclic) bond motifs is 1. The quantitative estimate of drug-likeness (QED) is 0.687. The van der Waals surface area contributed by atoms with Crippen LogP contribution in [-0.4, -0.2) is 18.0 Å². The van der Waals surface area contributed by atoms with Gasteiger partial charge in [0.15, 0.2) is 0 Å². The van der Waals surface area contributed by atoms with Crippen LogP contribution in [0.3, 0.4) is 0 Å². The Hall–Kier alpha value is -3.19. The van der Waals surface area contributed by atoms with E-state index in [-0.39, 0.29) is 17.8 Å². The summed E-state index contributed by atoms with van der Waals surface area (Å²) in [5.74, 6) is -0.305. The van der Waals surface area contributed by atoms with Crippen molar-refractivity contribution in [1.29, 1.82) is 0 Å². The van der Waals surface area contributed by atoms with E-state index in [1.807, 2.05) is 54.6 Å². The van der Waals surface area contributed by atoms with Gasteiger partial charge in [-0.05, 0) is 23.8 Å². The van der Waals surface area contributed by atoms with E-state index in [1.165, 1.54) is 11.8 Å². The highest BCUT2D eigenvalue weighted by atomic mass is 32.2. The lowest BCUT2D eigenvalue weighted by Gasteiger charge is -2.23. The van der Waals surface area contributed by atoms with Crippen LogP contribution in [0.1, 0.15) is 16.4 Å². The number of thioether (sulfide) groups is 1. The van der Waals surface area contributed by atoms with E-state index in [4.69, 9.17) is 9.15 Å². The average Bonchev–Trinajstić information content (AvgIpc) is 3.21. The SMILES string of the molecule is O=C(N[C@H]1C(=O)Nc2ccccc2S[C@@H]1c1ccoc1)OCc1ccccc1. The van der Waals surface area contributed by atoms with E-state index in [0.717, 1.165) is 16.0 Å². The van der Waals surface area contributed by atoms with Gasteiger partial charge in [-0.25, -0.2) is 4.79 Å². The number of hydrogen-bond donors (Lipinski definition) is 2. The molecule has 2 N–H and O–H groups in total. The number of hydrogen-bond acceptors (Lipinski definition) is 5. The zero-order valence-corrected chi connectivity index (χ0v) is 15.6. The van der Waals surface area contributed by atoms with Gasteiger partial charge >= 0.3 is 6.09 Å². The highest BCUT2D eigenvalue weighted by molar-refractivity contribution is 7.99. The predicted molar refractivity (Wildman–Crippen MR) is 106 cm³/mol. The number of nitrogens with one attached hydrogen (secondary N) is 2. The number of anilines is 1. The maximum Gasteiger partial charge on any atom is 0.408 e. The maximum atomic E-state index is 12.9. The van der Waals surface area contributed by atoms with Crippen molar-refractivity contribution in [3.8, 4) is 0 Å². The molecule has 2 heterocycles. The average molecular weight is 394 g/mol. The van der Waals surface area contributed by atoms with Crippen molar-refractivity contribution in [3.63, 3.8) is 0 Å². The molecule has 0 fully saturated rings. The van der Waals surface area contributed by atoms with Gasteiger partial charge in [0.25, 0.3) is 0 Å². The molecular weight excluding hydrogens is 376 g/mol. The van der Waals surface area contributed by atoms with Crippen LogP contribution in [0.2, 0.25) is 0 Å². The summed E-state index contributed by atoms with van der Waals surface area (Å²) in [6, 6.07) is 17.9. The van der Waals surface area contributed by atoms with Crippen molar-refractivity contribution < 1.29 is 18.7 Å². The molecule has 1 aliphatic heterocycles. The van der Waals surface area contributed by atoms with Crippen LogP contribution in [-0.2, 0) is 16.1 Å². The molecular formula is C21H18N2O4S. The van der Waals surface area contributed by atoms with E-state index >= 15 is 0 Å². The predicted octanol–water partition coefficient (Wildman–Crippen LogP) is 4.36. The summed E-state index contributed by atoms with van der Waals surface area (Å²) in [4.78, 5) is 26.2. The summed E-state index contributed by atoms with van der Waals surface area (Å²) < 4.78 is 10.5. The summed E-state index contributed by atoms with van der Waals surface area (Å²) in [5, 5.41) is 5.24. The Morgan fingerprint density at radius 2 is 1.89 bits per heavy atom. The summed E-state index contributed by atoms with van der Waals surface area (Å²) in [6.45, 7) is 0.130. The van der Waals surface area contributed by atoms with Gasteiger partial charge in [-0.3, -0.25) is 4.79 Å². The Balaban J connectivity index is 1.53. The topological polar surface area (TPSA) is 80.6 Å². The van der Waals surface area contributed by atoms with E-state index in [2.05, 4.69) is 10.6 Å². The third-order valence-electron chi connectivity index (χ3n) is 4.34. The number of rotatable bonds is 4. The number of benzene rings is 2. The fourth-order valence-electron chi connectivity index (χ4n) is 2.96. The molecule has 2 amide bonds. The van der Waals surface area contributed by atoms with Crippen molar-refractivity contribution in [3.05, 3.63) is 84.3 Å². The van der Waals surface area contributed by atoms with E-state index < -0.39 is 12.1 Å². The van der Waals surface area contributed by atoms with Crippen molar-refractivity contribution in [1.82, 2.24) is 5.32 Å². The van der Waals surface area contributed by atoms with E-state index in [9.17, 15) is 9.59 Å². The second-order valence-corrected chi connectivity index (χ2v) is 7.45. The lowest BCUT2D eigenvalue weighted by Crippen LogP contribution is -2.46. The first-order valence-corrected chi connectivity index (χ1v) is 9.64. The molecule has 0 spiro atoms. The summed E-state index contributed by atoms with van der Waals surface area (Å²) >= 11 is 1.49. The number of ether oxygens (including phenoxy) is 1. The molecule has 0 bridgehead atoms. The first kappa shape index (κ1) is 18.2. The maximum absolute atomic E-state index is 12.9. The van der Waals surface area contributed by atoms with Gasteiger partial charge in [0.2, 0.25) is 5.91 Å². The monoisotopic (exact) mass is 394 g/mol. The Morgan fingerprint density at radius 3 is 2.68 bits per heavy atom. The molecule has 142 valence electrons. The minimum atomic E-state index is -0.821. The fourth-order valence-corrected chi connectivity index (χ4v) is 4.23. The van der Waals surface area contributed by atoms with Gasteiger partial charge in [0.1, 0.15) is 12.6 Å². The minimum absolute atomic E-state index is 0.130. The lowest BCUT2D eigenvalue weighted by atomic mass is 10.1. The molecule has 0 aliphatic carbocycles. The van der Waals surface area contributed by atoms with Crippen LogP contribution in [0, 0.1) is 0 Å². The number of para-hydroxylation sites is 1. The van der Waals surface area contributed by atoms with Gasteiger partial charge in [0, 0.05) is 10.5 Å². The van der Waals surface area contributed by atoms with Crippen LogP contribution in [0.15, 0.2) is 82.5 Å². The second kappa shape index (κ2) is 8.22. The Labute approximate surface area is 166 Å². The standard InChI is InChI=1S/C21H18N2O4S/c24-20-18(23-21(25)27-12-14-6-2-1-3-7-14)19(15-10-11-26-13-15)28-17-9-5-4-8-16(17)22-20/h1-11,13,18-19H,12H2,(H,22,24)(H,23,25)/t18-,19-/m1/s1. The first-order chi connectivity index (χ1) is 13.7. The fraction of sp³-hybridized carbons (Fsp3) is 0.143. The summed E-state index contributed by atoms with van der Waals surface area (Å²) in [7, 11) is 0. The first-order valence-electron chi connectivity index (χ1n) is 8.76. The third-order valence-corrected chi connectivity index (χ3v) is 5.75. The van der Waals surface area contributed by atoms with Crippen LogP contribution in [0.5, 0.6) is 0 Å². The van der Waals surface area contributed by atoms with Crippen LogP contribution in [0.25, 0.3) is 0 Å². The molecule has 1 aliphatic rings. The Bertz CT molecular complexity index is 960. The molecule has 1 aromatic heterocycles. The molecule has 3 aromatic rings. The number of furan rings is 1. The number of amides is 2. The Morgan fingerprint density at radius 1 is 1.11 bits per heavy atom. The lowest BCUT2D eigenvalue weighted by molar-refractivity contribution is -0.118. The smallest absolute Gasteiger partial charge is 0.408 e. The molecule has 4 rings (SSSR count). The number of carbonyl (C=O) groups excluding carboxylic acids is 2. The summed E-state index contributed by atoms with van der Waals surface area (Å²) in [5.41, 5.74) is 2.40. The van der Waals surface area contributed by atoms with E-state index in [0.29, 0.717) is 5.69 Å². The molecule has 7 heteroatoms. The Kier molecular flexibility index (Phi) is 5.34. The van der Waals surface area contributed by atoms with Crippen LogP contribution >= 0.6 is 11.8 Å². The van der Waals surface area contributed by atoms with Crippen molar-refractivity contribution in [2.45, 2.75) is 22.8 Å². The minimum Gasteiger partial charge on any atom is -0.472 e. The van der Waals surface area contributed by atoms with Crippen molar-refractivity contribution in [2.75, 3.05) is 5.32 Å². The number of carbonyl (C=O) groups is 2. The normalized spacial score (nSPS) is 18.5. The molecule has 28 heavy (non-hydrogen) atoms. The summed E-state index contributed by atoms with van der Waals surface area (Å²) in [6.07, 6.45) is 2.49. The molecule has 0 saturated carbocycles. The highest BCUT2D eigenvalue weighted by Crippen LogP contribution is 2.43. The largest absolute Gasteiger partial charge is 0.472 e. The van der Waals surface area contributed by atoms with Crippen LogP contribution in [0.4, 0.5) is 10.5 Å². The van der Waals surface area contributed by atoms with Crippen molar-refractivity contribution >= 4 is 29.4 Å². The zero-order valence-electron chi connectivity index (χ0n) is 14.8. The molecule has 0 radical (unpaired) electrons. The van der Waals surface area contributed by atoms with E-state index in [1.54, 1.807) is 18.6 Å². The molecule has 2 aromatic carbocycles. The molecule has 6 nitrogen and oxygen atoms in total. The van der Waals surface area contributed by atoms with Crippen molar-refractivity contribution in [2.24, 2.45) is 0 Å². The number of alkyl carbamates (subject to hydrolysis) is 1. The molecule has 0 unspecified atom stereocenters. The van der Waals surface area contributed by atoms with Gasteiger partial charge in [-0.2, -0.15) is 0 Å². The van der Waals surface area contributed by atoms with Gasteiger partial charge in [0.05, 0.1) is 23.5 Å². The molecule has 0 saturated heterocycles. The van der Waals surface area contributed by atoms with Gasteiger partial charge < -0.3 is 19.8 Å². The third kappa shape index (κ3) is 4.04. The second-order valence-electron chi connectivity index (χ2n) is 6.26. The van der Waals surface area contributed by atoms with Gasteiger partial charge in [-0.15, -0.1) is 11.8 Å². The molecule has 2 atom stereocenters. The van der Waals surface area contributed by atoms with Crippen LogP contribution < -0.4 is 10.6 Å².